The van der Waals surface area contributed by atoms with Gasteiger partial charge >= 0.3 is 5.97 Å². The van der Waals surface area contributed by atoms with Crippen LogP contribution in [0.15, 0.2) is 17.5 Å². The largest absolute Gasteiger partial charge is 0.459 e. The third-order valence-corrected chi connectivity index (χ3v) is 5.03. The van der Waals surface area contributed by atoms with Crippen LogP contribution in [0.25, 0.3) is 0 Å². The number of thiophene rings is 1. The molecule has 1 aliphatic rings. The number of rotatable bonds is 5. The van der Waals surface area contributed by atoms with E-state index in [0.717, 1.165) is 0 Å². The van der Waals surface area contributed by atoms with E-state index in [1.165, 1.54) is 11.3 Å². The van der Waals surface area contributed by atoms with Crippen LogP contribution >= 0.6 is 11.3 Å². The Morgan fingerprint density at radius 1 is 1.52 bits per heavy atom. The lowest BCUT2D eigenvalue weighted by molar-refractivity contribution is -0.485. The second-order valence-corrected chi connectivity index (χ2v) is 7.81. The maximum atomic E-state index is 12.9. The van der Waals surface area contributed by atoms with Crippen molar-refractivity contribution in [1.82, 2.24) is 0 Å². The molecule has 23 heavy (non-hydrogen) atoms. The Bertz CT molecular complexity index is 604. The second kappa shape index (κ2) is 6.39. The summed E-state index contributed by atoms with van der Waals surface area (Å²) >= 11 is 1.33. The third kappa shape index (κ3) is 3.60. The molecule has 0 amide bonds. The highest BCUT2D eigenvalue weighted by atomic mass is 32.1. The summed E-state index contributed by atoms with van der Waals surface area (Å²) in [5.41, 5.74) is -2.19. The van der Waals surface area contributed by atoms with Gasteiger partial charge in [-0.05, 0) is 45.1 Å². The number of nitrogens with zero attached hydrogens (tertiary/aromatic N) is 1. The minimum absolute atomic E-state index is 0.244. The molecule has 1 aliphatic carbocycles. The molecule has 1 aromatic rings. The fourth-order valence-electron chi connectivity index (χ4n) is 3.11. The van der Waals surface area contributed by atoms with Gasteiger partial charge in [-0.15, -0.1) is 11.3 Å². The first-order chi connectivity index (χ1) is 10.7. The smallest absolute Gasteiger partial charge is 0.321 e. The van der Waals surface area contributed by atoms with E-state index in [1.54, 1.807) is 38.3 Å². The fraction of sp³-hybridized carbons (Fsp3) is 0.625. The highest BCUT2D eigenvalue weighted by molar-refractivity contribution is 7.10. The van der Waals surface area contributed by atoms with Gasteiger partial charge in [0.15, 0.2) is 5.78 Å². The summed E-state index contributed by atoms with van der Waals surface area (Å²) in [7, 11) is 0. The van der Waals surface area contributed by atoms with Crippen molar-refractivity contribution < 1.29 is 19.2 Å². The molecular formula is C16H21NO5S. The molecular weight excluding hydrogens is 318 g/mol. The number of carbonyl (C=O) groups is 2. The van der Waals surface area contributed by atoms with Crippen molar-refractivity contribution in [2.24, 2.45) is 5.41 Å². The van der Waals surface area contributed by atoms with Gasteiger partial charge in [0.25, 0.3) is 0 Å². The number of hydrogen-bond donors (Lipinski definition) is 0. The molecule has 0 radical (unpaired) electrons. The van der Waals surface area contributed by atoms with Gasteiger partial charge in [-0.2, -0.15) is 0 Å². The Hall–Kier alpha value is -1.76. The first kappa shape index (κ1) is 17.6. The molecule has 1 fully saturated rings. The van der Waals surface area contributed by atoms with Crippen molar-refractivity contribution in [2.45, 2.75) is 51.6 Å². The van der Waals surface area contributed by atoms with Crippen molar-refractivity contribution >= 4 is 23.1 Å². The molecule has 1 aromatic heterocycles. The van der Waals surface area contributed by atoms with Crippen LogP contribution in [-0.4, -0.2) is 28.8 Å². The van der Waals surface area contributed by atoms with Gasteiger partial charge in [0.05, 0.1) is 5.92 Å². The zero-order valence-corrected chi connectivity index (χ0v) is 14.4. The van der Waals surface area contributed by atoms with E-state index >= 15 is 0 Å². The van der Waals surface area contributed by atoms with Gasteiger partial charge < -0.3 is 4.74 Å². The summed E-state index contributed by atoms with van der Waals surface area (Å²) in [6.45, 7) is 4.73. The Labute approximate surface area is 139 Å². The van der Waals surface area contributed by atoms with Gasteiger partial charge in [-0.1, -0.05) is 6.07 Å². The van der Waals surface area contributed by atoms with Crippen LogP contribution in [0.1, 0.15) is 50.8 Å². The van der Waals surface area contributed by atoms with Crippen molar-refractivity contribution in [3.05, 3.63) is 32.5 Å². The Morgan fingerprint density at radius 2 is 2.22 bits per heavy atom. The van der Waals surface area contributed by atoms with Crippen molar-refractivity contribution in [3.8, 4) is 0 Å². The van der Waals surface area contributed by atoms with E-state index in [1.807, 2.05) is 0 Å². The minimum atomic E-state index is -1.44. The van der Waals surface area contributed by atoms with Gasteiger partial charge in [0.2, 0.25) is 6.54 Å². The van der Waals surface area contributed by atoms with E-state index in [0.29, 0.717) is 17.7 Å². The molecule has 0 spiro atoms. The van der Waals surface area contributed by atoms with Gasteiger partial charge in [-0.25, -0.2) is 0 Å². The van der Waals surface area contributed by atoms with Crippen LogP contribution in [0.5, 0.6) is 0 Å². The van der Waals surface area contributed by atoms with Crippen molar-refractivity contribution in [3.63, 3.8) is 0 Å². The average Bonchev–Trinajstić information content (AvgIpc) is 3.03. The quantitative estimate of drug-likeness (QED) is 0.356. The summed E-state index contributed by atoms with van der Waals surface area (Å²) < 4.78 is 5.48. The van der Waals surface area contributed by atoms with E-state index in [-0.39, 0.29) is 12.2 Å². The first-order valence-electron chi connectivity index (χ1n) is 7.59. The molecule has 126 valence electrons. The molecule has 6 nitrogen and oxygen atoms in total. The van der Waals surface area contributed by atoms with E-state index in [9.17, 15) is 19.7 Å². The van der Waals surface area contributed by atoms with Crippen molar-refractivity contribution in [2.75, 3.05) is 6.54 Å². The predicted molar refractivity (Wildman–Crippen MR) is 86.1 cm³/mol. The highest BCUT2D eigenvalue weighted by Crippen LogP contribution is 2.49. The van der Waals surface area contributed by atoms with E-state index in [2.05, 4.69) is 0 Å². The standard InChI is InChI=1S/C16H21NO5S/c1-15(2,3)22-14(19)16(8-4-7-13(16)18)11(10-17(20)21)12-6-5-9-23-12/h5-6,9,11H,4,7-8,10H2,1-3H3. The molecule has 0 bridgehead atoms. The number of esters is 1. The first-order valence-corrected chi connectivity index (χ1v) is 8.47. The highest BCUT2D eigenvalue weighted by Gasteiger charge is 2.58. The zero-order valence-electron chi connectivity index (χ0n) is 13.5. The van der Waals surface area contributed by atoms with Crippen LogP contribution in [0, 0.1) is 15.5 Å². The average molecular weight is 339 g/mol. The van der Waals surface area contributed by atoms with Gasteiger partial charge in [0, 0.05) is 16.2 Å². The minimum Gasteiger partial charge on any atom is -0.459 e. The number of carbonyl (C=O) groups excluding carboxylic acids is 2. The van der Waals surface area contributed by atoms with E-state index < -0.39 is 34.4 Å². The van der Waals surface area contributed by atoms with Gasteiger partial charge in [0.1, 0.15) is 11.0 Å². The van der Waals surface area contributed by atoms with Crippen LogP contribution in [-0.2, 0) is 14.3 Å². The lowest BCUT2D eigenvalue weighted by Crippen LogP contribution is -2.46. The molecule has 0 aromatic carbocycles. The summed E-state index contributed by atoms with van der Waals surface area (Å²) in [6, 6.07) is 3.52. The maximum absolute atomic E-state index is 12.9. The summed E-state index contributed by atoms with van der Waals surface area (Å²) in [6.07, 6.45) is 1.12. The summed E-state index contributed by atoms with van der Waals surface area (Å²) in [5.74, 6) is -1.65. The number of ether oxygens (including phenoxy) is 1. The molecule has 0 aliphatic heterocycles. The monoisotopic (exact) mass is 339 g/mol. The maximum Gasteiger partial charge on any atom is 0.321 e. The normalized spacial score (nSPS) is 22.8. The topological polar surface area (TPSA) is 86.5 Å². The van der Waals surface area contributed by atoms with E-state index in [4.69, 9.17) is 4.74 Å². The Balaban J connectivity index is 2.48. The molecule has 0 N–H and O–H groups in total. The fourth-order valence-corrected chi connectivity index (χ4v) is 4.02. The van der Waals surface area contributed by atoms with Crippen molar-refractivity contribution in [1.29, 1.82) is 0 Å². The predicted octanol–water partition coefficient (Wildman–Crippen LogP) is 3.19. The third-order valence-electron chi connectivity index (χ3n) is 4.05. The molecule has 7 heteroatoms. The second-order valence-electron chi connectivity index (χ2n) is 6.83. The SMILES string of the molecule is CC(C)(C)OC(=O)C1(C(C[N+](=O)[O-])c2cccs2)CCCC1=O. The summed E-state index contributed by atoms with van der Waals surface area (Å²) in [4.78, 5) is 36.9. The Kier molecular flexibility index (Phi) is 4.89. The van der Waals surface area contributed by atoms with Crippen LogP contribution < -0.4 is 0 Å². The lowest BCUT2D eigenvalue weighted by Gasteiger charge is -2.34. The molecule has 0 saturated heterocycles. The molecule has 1 heterocycles. The zero-order chi connectivity index (χ0) is 17.3. The molecule has 2 atom stereocenters. The number of Topliss-reactive ketones (excluding diaryl/α,β-unsaturated/α-hetero) is 1. The lowest BCUT2D eigenvalue weighted by atomic mass is 9.72. The molecule has 2 rings (SSSR count). The van der Waals surface area contributed by atoms with Crippen LogP contribution in [0.2, 0.25) is 0 Å². The summed E-state index contributed by atoms with van der Waals surface area (Å²) in [5, 5.41) is 13.0. The number of nitro groups is 1. The molecule has 2 unspecified atom stereocenters. The number of hydrogen-bond acceptors (Lipinski definition) is 6. The van der Waals surface area contributed by atoms with Crippen LogP contribution in [0.4, 0.5) is 0 Å². The Morgan fingerprint density at radius 3 is 2.65 bits per heavy atom. The van der Waals surface area contributed by atoms with Crippen LogP contribution in [0.3, 0.4) is 0 Å². The molecule has 1 saturated carbocycles. The van der Waals surface area contributed by atoms with Gasteiger partial charge in [-0.3, -0.25) is 19.7 Å². The number of ketones is 1.